The standard InChI is InChI=1S/C23H33N3O5S.C18H21NO4S.C11H21NO3/c1-18(15-23(27)24-2)25-13-14-32(28,29)26(16-19-5-9-21(30-3)10-6-19)17-20-7-11-22(31-4)12-8-20;1-4-24(20,21)19(13-15-5-9-17(22-2)10-6-15)14-16-7-11-18(23-3)12-8-16;1-6-9(13)7-8(2)12-10(14)15-11(3,4)5/h5-12,18,25H,13-17H2,1-4H3,(H,24,27);4-12H,1,13-14H2,2-3H3;8H,6-7H2,1-5H3,(H,12,14)/t18-;;8-/m0.0/s1. The van der Waals surface area contributed by atoms with Crippen molar-refractivity contribution in [1.82, 2.24) is 24.6 Å². The van der Waals surface area contributed by atoms with E-state index in [1.54, 1.807) is 87.4 Å². The molecule has 4 aromatic rings. The van der Waals surface area contributed by atoms with Crippen molar-refractivity contribution in [1.29, 1.82) is 0 Å². The van der Waals surface area contributed by atoms with Gasteiger partial charge in [0, 0.05) is 76.5 Å². The SMILES string of the molecule is C=CS(=O)(=O)N(Cc1ccc(OC)cc1)Cc1ccc(OC)cc1.CCC(=O)C[C@H](C)NC(=O)OC(C)(C)C.CNC(=O)C[C@H](C)NCCS(=O)(=O)N(Cc1ccc(OC)cc1)Cc1ccc(OC)cc1. The van der Waals surface area contributed by atoms with Crippen LogP contribution in [0, 0.1) is 0 Å². The minimum absolute atomic E-state index is 0.0720. The molecule has 0 aliphatic rings. The zero-order chi connectivity index (χ0) is 53.2. The summed E-state index contributed by atoms with van der Waals surface area (Å²) >= 11 is 0. The monoisotopic (exact) mass is 1030 g/mol. The summed E-state index contributed by atoms with van der Waals surface area (Å²) in [5.41, 5.74) is 2.97. The second kappa shape index (κ2) is 30.7. The molecule has 71 heavy (non-hydrogen) atoms. The van der Waals surface area contributed by atoms with E-state index in [1.165, 1.54) is 8.61 Å². The lowest BCUT2D eigenvalue weighted by Crippen LogP contribution is -2.39. The van der Waals surface area contributed by atoms with Crippen molar-refractivity contribution < 1.29 is 54.9 Å². The number of benzene rings is 4. The first kappa shape index (κ1) is 61.1. The van der Waals surface area contributed by atoms with E-state index < -0.39 is 31.7 Å². The molecule has 19 heteroatoms. The Morgan fingerprint density at radius 2 is 0.986 bits per heavy atom. The quantitative estimate of drug-likeness (QED) is 0.0585. The fourth-order valence-electron chi connectivity index (χ4n) is 6.39. The van der Waals surface area contributed by atoms with Gasteiger partial charge >= 0.3 is 6.09 Å². The maximum absolute atomic E-state index is 13.2. The zero-order valence-corrected chi connectivity index (χ0v) is 44.8. The third kappa shape index (κ3) is 24.1. The molecule has 2 atom stereocenters. The van der Waals surface area contributed by atoms with E-state index in [-0.39, 0.29) is 68.7 Å². The van der Waals surface area contributed by atoms with Crippen molar-refractivity contribution in [2.24, 2.45) is 0 Å². The van der Waals surface area contributed by atoms with Gasteiger partial charge in [0.05, 0.1) is 34.2 Å². The van der Waals surface area contributed by atoms with Crippen molar-refractivity contribution in [2.75, 3.05) is 47.8 Å². The first-order valence-electron chi connectivity index (χ1n) is 23.1. The molecule has 0 fully saturated rings. The number of rotatable bonds is 25. The van der Waals surface area contributed by atoms with Gasteiger partial charge in [0.2, 0.25) is 26.0 Å². The van der Waals surface area contributed by atoms with Gasteiger partial charge in [-0.3, -0.25) is 9.59 Å². The van der Waals surface area contributed by atoms with Crippen molar-refractivity contribution in [3.8, 4) is 23.0 Å². The molecule has 0 spiro atoms. The Balaban J connectivity index is 0.000000391. The number of carbonyl (C=O) groups is 3. The van der Waals surface area contributed by atoms with Crippen LogP contribution in [-0.4, -0.2) is 109 Å². The Labute approximate surface area is 422 Å². The number of alkyl carbamates (subject to hydrolysis) is 1. The highest BCUT2D eigenvalue weighted by Gasteiger charge is 2.24. The molecule has 0 aromatic heterocycles. The van der Waals surface area contributed by atoms with Crippen LogP contribution in [0.4, 0.5) is 4.79 Å². The van der Waals surface area contributed by atoms with Gasteiger partial charge in [-0.1, -0.05) is 62.0 Å². The molecule has 0 unspecified atom stereocenters. The summed E-state index contributed by atoms with van der Waals surface area (Å²) in [6.45, 7) is 15.5. The van der Waals surface area contributed by atoms with E-state index >= 15 is 0 Å². The number of nitrogens with one attached hydrogen (secondary N) is 3. The highest BCUT2D eigenvalue weighted by atomic mass is 32.2. The number of sulfonamides is 2. The average molecular weight is 1030 g/mol. The highest BCUT2D eigenvalue weighted by molar-refractivity contribution is 7.92. The molecule has 4 rings (SSSR count). The fourth-order valence-corrected chi connectivity index (χ4v) is 8.59. The van der Waals surface area contributed by atoms with Gasteiger partial charge < -0.3 is 39.6 Å². The molecular formula is C52H75N5O12S2. The molecule has 0 heterocycles. The smallest absolute Gasteiger partial charge is 0.407 e. The minimum Gasteiger partial charge on any atom is -0.497 e. The largest absolute Gasteiger partial charge is 0.497 e. The van der Waals surface area contributed by atoms with Crippen LogP contribution in [0.2, 0.25) is 0 Å². The summed E-state index contributed by atoms with van der Waals surface area (Å²) in [7, 11) is 0.816. The molecule has 392 valence electrons. The molecule has 0 aliphatic carbocycles. The number of nitrogens with zero attached hydrogens (tertiary/aromatic N) is 2. The maximum atomic E-state index is 13.2. The van der Waals surface area contributed by atoms with Gasteiger partial charge in [0.15, 0.2) is 0 Å². The predicted molar refractivity (Wildman–Crippen MR) is 278 cm³/mol. The van der Waals surface area contributed by atoms with Crippen LogP contribution in [0.5, 0.6) is 23.0 Å². The van der Waals surface area contributed by atoms with Crippen LogP contribution >= 0.6 is 0 Å². The normalized spacial score (nSPS) is 12.2. The number of Topliss-reactive ketones (excluding diaryl/α,β-unsaturated/α-hetero) is 1. The topological polar surface area (TPSA) is 208 Å². The average Bonchev–Trinajstić information content (AvgIpc) is 3.34. The van der Waals surface area contributed by atoms with E-state index in [0.717, 1.165) is 39.2 Å². The van der Waals surface area contributed by atoms with Gasteiger partial charge in [-0.25, -0.2) is 21.6 Å². The van der Waals surface area contributed by atoms with Crippen molar-refractivity contribution >= 4 is 37.8 Å². The van der Waals surface area contributed by atoms with Gasteiger partial charge in [0.1, 0.15) is 34.4 Å². The van der Waals surface area contributed by atoms with Crippen molar-refractivity contribution in [3.05, 3.63) is 131 Å². The molecule has 2 amide bonds. The van der Waals surface area contributed by atoms with Crippen LogP contribution in [0.25, 0.3) is 0 Å². The van der Waals surface area contributed by atoms with Gasteiger partial charge in [-0.15, -0.1) is 0 Å². The first-order chi connectivity index (χ1) is 33.5. The second-order valence-corrected chi connectivity index (χ2v) is 21.3. The fraction of sp³-hybridized carbons (Fsp3) is 0.442. The second-order valence-electron chi connectivity index (χ2n) is 17.3. The number of methoxy groups -OCH3 is 4. The van der Waals surface area contributed by atoms with Gasteiger partial charge in [-0.2, -0.15) is 8.61 Å². The van der Waals surface area contributed by atoms with Gasteiger partial charge in [0.25, 0.3) is 0 Å². The lowest BCUT2D eigenvalue weighted by atomic mass is 10.1. The number of hydrogen-bond donors (Lipinski definition) is 3. The molecule has 4 aromatic carbocycles. The van der Waals surface area contributed by atoms with Crippen molar-refractivity contribution in [3.63, 3.8) is 0 Å². The first-order valence-corrected chi connectivity index (χ1v) is 26.2. The van der Waals surface area contributed by atoms with E-state index in [2.05, 4.69) is 22.5 Å². The molecule has 17 nitrogen and oxygen atoms in total. The van der Waals surface area contributed by atoms with Crippen LogP contribution in [0.15, 0.2) is 109 Å². The maximum Gasteiger partial charge on any atom is 0.407 e. The summed E-state index contributed by atoms with van der Waals surface area (Å²) in [6.07, 6.45) is 0.674. The molecule has 3 N–H and O–H groups in total. The van der Waals surface area contributed by atoms with Crippen LogP contribution in [0.1, 0.15) is 83.1 Å². The van der Waals surface area contributed by atoms with Crippen LogP contribution in [-0.2, 0) is 60.6 Å². The summed E-state index contributed by atoms with van der Waals surface area (Å²) in [6, 6.07) is 29.0. The zero-order valence-electron chi connectivity index (χ0n) is 43.2. The number of carbonyl (C=O) groups excluding carboxylic acids is 3. The third-order valence-electron chi connectivity index (χ3n) is 10.4. The summed E-state index contributed by atoms with van der Waals surface area (Å²) < 4.78 is 79.6. The number of hydrogen-bond acceptors (Lipinski definition) is 13. The van der Waals surface area contributed by atoms with E-state index in [0.29, 0.717) is 24.3 Å². The van der Waals surface area contributed by atoms with Crippen LogP contribution in [0.3, 0.4) is 0 Å². The van der Waals surface area contributed by atoms with Crippen molar-refractivity contribution in [2.45, 2.75) is 105 Å². The highest BCUT2D eigenvalue weighted by Crippen LogP contribution is 2.21. The Kier molecular flexibility index (Phi) is 26.4. The molecule has 0 saturated carbocycles. The van der Waals surface area contributed by atoms with E-state index in [1.807, 2.05) is 86.6 Å². The Morgan fingerprint density at radius 1 is 0.620 bits per heavy atom. The summed E-state index contributed by atoms with van der Waals surface area (Å²) in [4.78, 5) is 33.9. The van der Waals surface area contributed by atoms with Gasteiger partial charge in [-0.05, 0) is 105 Å². The van der Waals surface area contributed by atoms with E-state index in [9.17, 15) is 31.2 Å². The lowest BCUT2D eigenvalue weighted by molar-refractivity contribution is -0.121. The third-order valence-corrected chi connectivity index (χ3v) is 13.5. The number of amides is 2. The predicted octanol–water partition coefficient (Wildman–Crippen LogP) is 7.60. The van der Waals surface area contributed by atoms with E-state index in [4.69, 9.17) is 23.7 Å². The molecular weight excluding hydrogens is 951 g/mol. The van der Waals surface area contributed by atoms with Crippen LogP contribution < -0.4 is 34.9 Å². The minimum atomic E-state index is -3.57. The molecule has 0 radical (unpaired) electrons. The Bertz CT molecular complexity index is 2350. The lowest BCUT2D eigenvalue weighted by Gasteiger charge is -2.23. The molecule has 0 saturated heterocycles. The number of ether oxygens (including phenoxy) is 5. The Hall–Kier alpha value is -5.99. The summed E-state index contributed by atoms with van der Waals surface area (Å²) in [5.74, 6) is 2.86. The Morgan fingerprint density at radius 3 is 1.30 bits per heavy atom. The summed E-state index contributed by atoms with van der Waals surface area (Å²) in [5, 5.41) is 9.28. The molecule has 0 bridgehead atoms. The molecule has 0 aliphatic heterocycles. The number of ketones is 1.